The lowest BCUT2D eigenvalue weighted by molar-refractivity contribution is -0.0362. The Hall–Kier alpha value is -1.21. The monoisotopic (exact) mass is 296 g/mol. The van der Waals surface area contributed by atoms with Crippen LogP contribution in [0.25, 0.3) is 0 Å². The highest BCUT2D eigenvalue weighted by atomic mass is 32.1. The number of hydrogen-bond donors (Lipinski definition) is 1. The van der Waals surface area contributed by atoms with E-state index >= 15 is 0 Å². The summed E-state index contributed by atoms with van der Waals surface area (Å²) in [6.07, 6.45) is 3.45. The van der Waals surface area contributed by atoms with Crippen LogP contribution in [0.1, 0.15) is 44.0 Å². The van der Waals surface area contributed by atoms with Crippen LogP contribution >= 0.6 is 11.3 Å². The standard InChI is InChI=1S/C13H20N4O2S/c1-8(2)11-15-16-12(20-11)14-13(18)17-6-7-19-10-5-3-4-9(10)17/h8-10H,3-7H2,1-2H3,(H,14,16,18)/t9-,10+/m0/s1. The van der Waals surface area contributed by atoms with Gasteiger partial charge in [0.25, 0.3) is 0 Å². The Balaban J connectivity index is 1.65. The summed E-state index contributed by atoms with van der Waals surface area (Å²) in [4.78, 5) is 14.3. The number of nitrogens with zero attached hydrogens (tertiary/aromatic N) is 3. The molecular weight excluding hydrogens is 276 g/mol. The summed E-state index contributed by atoms with van der Waals surface area (Å²) in [5.41, 5.74) is 0. The number of urea groups is 1. The van der Waals surface area contributed by atoms with Crippen LogP contribution in [0.15, 0.2) is 0 Å². The maximum atomic E-state index is 12.4. The van der Waals surface area contributed by atoms with Gasteiger partial charge in [0.2, 0.25) is 5.13 Å². The summed E-state index contributed by atoms with van der Waals surface area (Å²) < 4.78 is 5.72. The van der Waals surface area contributed by atoms with E-state index in [-0.39, 0.29) is 18.2 Å². The van der Waals surface area contributed by atoms with Crippen LogP contribution in [0.2, 0.25) is 0 Å². The van der Waals surface area contributed by atoms with E-state index in [1.807, 2.05) is 4.90 Å². The third kappa shape index (κ3) is 2.64. The van der Waals surface area contributed by atoms with Crippen LogP contribution < -0.4 is 5.32 Å². The highest BCUT2D eigenvalue weighted by molar-refractivity contribution is 7.15. The molecule has 0 spiro atoms. The molecule has 1 aromatic heterocycles. The first-order chi connectivity index (χ1) is 9.65. The first-order valence-electron chi connectivity index (χ1n) is 7.18. The van der Waals surface area contributed by atoms with Gasteiger partial charge < -0.3 is 9.64 Å². The molecule has 0 radical (unpaired) electrons. The molecule has 1 saturated heterocycles. The molecule has 1 N–H and O–H groups in total. The Labute approximate surface area is 122 Å². The summed E-state index contributed by atoms with van der Waals surface area (Å²) in [6, 6.07) is 0.151. The number of ether oxygens (including phenoxy) is 1. The predicted octanol–water partition coefficient (Wildman–Crippen LogP) is 2.45. The zero-order valence-electron chi connectivity index (χ0n) is 11.8. The number of aromatic nitrogens is 2. The number of amides is 2. The van der Waals surface area contributed by atoms with Crippen molar-refractivity contribution in [1.82, 2.24) is 15.1 Å². The van der Waals surface area contributed by atoms with E-state index in [9.17, 15) is 4.79 Å². The average Bonchev–Trinajstić information content (AvgIpc) is 3.05. The molecule has 6 nitrogen and oxygen atoms in total. The minimum atomic E-state index is -0.0725. The number of rotatable bonds is 2. The molecular formula is C13H20N4O2S. The van der Waals surface area contributed by atoms with Crippen LogP contribution in [-0.4, -0.2) is 46.4 Å². The van der Waals surface area contributed by atoms with Gasteiger partial charge in [0.15, 0.2) is 0 Å². The van der Waals surface area contributed by atoms with Crippen molar-refractivity contribution in [3.05, 3.63) is 5.01 Å². The second-order valence-electron chi connectivity index (χ2n) is 5.63. The molecule has 1 aliphatic heterocycles. The molecule has 1 saturated carbocycles. The molecule has 7 heteroatoms. The Morgan fingerprint density at radius 3 is 3.05 bits per heavy atom. The smallest absolute Gasteiger partial charge is 0.324 e. The molecule has 0 unspecified atom stereocenters. The molecule has 0 aromatic carbocycles. The van der Waals surface area contributed by atoms with E-state index in [2.05, 4.69) is 29.4 Å². The minimum Gasteiger partial charge on any atom is -0.374 e. The van der Waals surface area contributed by atoms with Gasteiger partial charge in [-0.1, -0.05) is 25.2 Å². The van der Waals surface area contributed by atoms with Crippen LogP contribution in [-0.2, 0) is 4.74 Å². The number of morpholine rings is 1. The molecule has 110 valence electrons. The highest BCUT2D eigenvalue weighted by Crippen LogP contribution is 2.30. The Kier molecular flexibility index (Phi) is 3.89. The number of carbonyl (C=O) groups excluding carboxylic acids is 1. The lowest BCUT2D eigenvalue weighted by atomic mass is 10.1. The van der Waals surface area contributed by atoms with Crippen molar-refractivity contribution in [3.8, 4) is 0 Å². The summed E-state index contributed by atoms with van der Waals surface area (Å²) in [6.45, 7) is 5.42. The Morgan fingerprint density at radius 2 is 2.30 bits per heavy atom. The van der Waals surface area contributed by atoms with Crippen LogP contribution in [0.4, 0.5) is 9.93 Å². The number of anilines is 1. The first-order valence-corrected chi connectivity index (χ1v) is 7.99. The van der Waals surface area contributed by atoms with E-state index in [0.717, 1.165) is 24.3 Å². The number of carbonyl (C=O) groups is 1. The quantitative estimate of drug-likeness (QED) is 0.910. The summed E-state index contributed by atoms with van der Waals surface area (Å²) in [5, 5.41) is 12.5. The molecule has 2 fully saturated rings. The fraction of sp³-hybridized carbons (Fsp3) is 0.769. The van der Waals surface area contributed by atoms with Crippen molar-refractivity contribution in [2.24, 2.45) is 0 Å². The van der Waals surface area contributed by atoms with Gasteiger partial charge in [-0.25, -0.2) is 4.79 Å². The summed E-state index contributed by atoms with van der Waals surface area (Å²) >= 11 is 1.45. The van der Waals surface area contributed by atoms with Gasteiger partial charge >= 0.3 is 6.03 Å². The SMILES string of the molecule is CC(C)c1nnc(NC(=O)N2CCO[C@@H]3CCC[C@@H]32)s1. The maximum absolute atomic E-state index is 12.4. The lowest BCUT2D eigenvalue weighted by Crippen LogP contribution is -2.52. The topological polar surface area (TPSA) is 67.4 Å². The molecule has 1 aromatic rings. The largest absolute Gasteiger partial charge is 0.374 e. The van der Waals surface area contributed by atoms with Gasteiger partial charge in [-0.3, -0.25) is 5.32 Å². The fourth-order valence-electron chi connectivity index (χ4n) is 2.86. The van der Waals surface area contributed by atoms with Crippen molar-refractivity contribution in [3.63, 3.8) is 0 Å². The fourth-order valence-corrected chi connectivity index (χ4v) is 3.59. The highest BCUT2D eigenvalue weighted by Gasteiger charge is 2.38. The first kappa shape index (κ1) is 13.8. The number of nitrogens with one attached hydrogen (secondary N) is 1. The summed E-state index contributed by atoms with van der Waals surface area (Å²) in [5.74, 6) is 0.334. The van der Waals surface area contributed by atoms with Gasteiger partial charge in [0.1, 0.15) is 5.01 Å². The molecule has 2 amide bonds. The van der Waals surface area contributed by atoms with Gasteiger partial charge in [0.05, 0.1) is 18.8 Å². The van der Waals surface area contributed by atoms with Crippen molar-refractivity contribution < 1.29 is 9.53 Å². The molecule has 2 heterocycles. The van der Waals surface area contributed by atoms with E-state index in [0.29, 0.717) is 24.2 Å². The third-order valence-corrected chi connectivity index (χ3v) is 5.03. The van der Waals surface area contributed by atoms with Crippen LogP contribution in [0.3, 0.4) is 0 Å². The molecule has 2 atom stereocenters. The number of fused-ring (bicyclic) bond motifs is 1. The van der Waals surface area contributed by atoms with Crippen molar-refractivity contribution in [1.29, 1.82) is 0 Å². The summed E-state index contributed by atoms with van der Waals surface area (Å²) in [7, 11) is 0. The van der Waals surface area contributed by atoms with Gasteiger partial charge in [-0.05, 0) is 19.3 Å². The van der Waals surface area contributed by atoms with Crippen LogP contribution in [0.5, 0.6) is 0 Å². The lowest BCUT2D eigenvalue weighted by Gasteiger charge is -2.37. The zero-order valence-corrected chi connectivity index (χ0v) is 12.7. The van der Waals surface area contributed by atoms with E-state index in [1.54, 1.807) is 0 Å². The van der Waals surface area contributed by atoms with Gasteiger partial charge in [-0.2, -0.15) is 0 Å². The average molecular weight is 296 g/mol. The zero-order chi connectivity index (χ0) is 14.1. The molecule has 3 rings (SSSR count). The molecule has 1 aliphatic carbocycles. The van der Waals surface area contributed by atoms with E-state index < -0.39 is 0 Å². The second kappa shape index (κ2) is 5.65. The normalized spacial score (nSPS) is 25.9. The second-order valence-corrected chi connectivity index (χ2v) is 6.64. The van der Waals surface area contributed by atoms with E-state index in [4.69, 9.17) is 4.74 Å². The third-order valence-electron chi connectivity index (χ3n) is 3.89. The van der Waals surface area contributed by atoms with Crippen molar-refractivity contribution in [2.75, 3.05) is 18.5 Å². The van der Waals surface area contributed by atoms with Crippen LogP contribution in [0, 0.1) is 0 Å². The van der Waals surface area contributed by atoms with Gasteiger partial charge in [-0.15, -0.1) is 10.2 Å². The molecule has 2 aliphatic rings. The predicted molar refractivity (Wildman–Crippen MR) is 77.1 cm³/mol. The minimum absolute atomic E-state index is 0.0725. The number of hydrogen-bond acceptors (Lipinski definition) is 5. The van der Waals surface area contributed by atoms with Crippen molar-refractivity contribution in [2.45, 2.75) is 51.2 Å². The van der Waals surface area contributed by atoms with E-state index in [1.165, 1.54) is 11.3 Å². The maximum Gasteiger partial charge on any atom is 0.324 e. The Morgan fingerprint density at radius 1 is 1.45 bits per heavy atom. The molecule has 20 heavy (non-hydrogen) atoms. The Bertz CT molecular complexity index is 490. The van der Waals surface area contributed by atoms with Gasteiger partial charge in [0, 0.05) is 12.5 Å². The molecule has 0 bridgehead atoms. The van der Waals surface area contributed by atoms with Crippen molar-refractivity contribution >= 4 is 22.5 Å².